The Morgan fingerprint density at radius 3 is 2.65 bits per heavy atom. The van der Waals surface area contributed by atoms with Gasteiger partial charge in [0.1, 0.15) is 0 Å². The highest BCUT2D eigenvalue weighted by molar-refractivity contribution is 9.10. The molecule has 0 saturated heterocycles. The Kier molecular flexibility index (Phi) is 4.46. The van der Waals surface area contributed by atoms with Crippen LogP contribution in [0.2, 0.25) is 0 Å². The van der Waals surface area contributed by atoms with Gasteiger partial charge < -0.3 is 10.6 Å². The Labute approximate surface area is 112 Å². The molecule has 3 heteroatoms. The molecule has 0 aliphatic heterocycles. The zero-order valence-electron chi connectivity index (χ0n) is 10.5. The second kappa shape index (κ2) is 5.87. The fraction of sp³-hybridized carbons (Fsp3) is 0.571. The minimum atomic E-state index is 0.603. The first-order valence-corrected chi connectivity index (χ1v) is 7.23. The van der Waals surface area contributed by atoms with Crippen molar-refractivity contribution >= 4 is 21.6 Å². The molecule has 1 saturated carbocycles. The molecule has 1 aliphatic carbocycles. The predicted octanol–water partition coefficient (Wildman–Crippen LogP) is 3.68. The van der Waals surface area contributed by atoms with E-state index in [9.17, 15) is 0 Å². The lowest BCUT2D eigenvalue weighted by atomic mass is 9.94. The van der Waals surface area contributed by atoms with Gasteiger partial charge in [-0.25, -0.2) is 0 Å². The maximum absolute atomic E-state index is 5.84. The van der Waals surface area contributed by atoms with Crippen molar-refractivity contribution in [2.45, 2.75) is 44.7 Å². The second-order valence-corrected chi connectivity index (χ2v) is 5.80. The lowest BCUT2D eigenvalue weighted by molar-refractivity contribution is 0.427. The zero-order valence-corrected chi connectivity index (χ0v) is 12.0. The Morgan fingerprint density at radius 1 is 1.29 bits per heavy atom. The third-order valence-corrected chi connectivity index (χ3v) is 4.26. The molecule has 1 aliphatic rings. The number of benzene rings is 1. The molecule has 1 aromatic carbocycles. The van der Waals surface area contributed by atoms with E-state index in [0.717, 1.165) is 4.47 Å². The fourth-order valence-corrected chi connectivity index (χ4v) is 3.14. The van der Waals surface area contributed by atoms with Crippen LogP contribution in [0.25, 0.3) is 0 Å². The van der Waals surface area contributed by atoms with Crippen molar-refractivity contribution < 1.29 is 0 Å². The van der Waals surface area contributed by atoms with Crippen LogP contribution in [0.1, 0.15) is 37.7 Å². The first-order valence-electron chi connectivity index (χ1n) is 6.43. The first kappa shape index (κ1) is 12.9. The SMILES string of the molecule is CN(c1ccc(Br)cc1CN)C1CCCCC1. The lowest BCUT2D eigenvalue weighted by Crippen LogP contribution is -2.34. The highest BCUT2D eigenvalue weighted by Gasteiger charge is 2.19. The molecule has 1 fully saturated rings. The van der Waals surface area contributed by atoms with Gasteiger partial charge in [0.25, 0.3) is 0 Å². The quantitative estimate of drug-likeness (QED) is 0.922. The van der Waals surface area contributed by atoms with Gasteiger partial charge >= 0.3 is 0 Å². The van der Waals surface area contributed by atoms with E-state index in [1.54, 1.807) is 0 Å². The third-order valence-electron chi connectivity index (χ3n) is 3.76. The molecule has 0 atom stereocenters. The van der Waals surface area contributed by atoms with E-state index >= 15 is 0 Å². The van der Waals surface area contributed by atoms with E-state index in [1.807, 2.05) is 0 Å². The van der Waals surface area contributed by atoms with Crippen LogP contribution in [0.3, 0.4) is 0 Å². The van der Waals surface area contributed by atoms with Crippen LogP contribution >= 0.6 is 15.9 Å². The fourth-order valence-electron chi connectivity index (χ4n) is 2.73. The summed E-state index contributed by atoms with van der Waals surface area (Å²) in [5, 5.41) is 0. The van der Waals surface area contributed by atoms with Crippen molar-refractivity contribution in [1.29, 1.82) is 0 Å². The summed E-state index contributed by atoms with van der Waals surface area (Å²) in [5.41, 5.74) is 8.36. The molecular weight excluding hydrogens is 276 g/mol. The zero-order chi connectivity index (χ0) is 12.3. The standard InChI is InChI=1S/C14H21BrN2/c1-17(13-5-3-2-4-6-13)14-8-7-12(15)9-11(14)10-16/h7-9,13H,2-6,10,16H2,1H3. The third kappa shape index (κ3) is 3.02. The Hall–Kier alpha value is -0.540. The van der Waals surface area contributed by atoms with Crippen molar-refractivity contribution in [3.8, 4) is 0 Å². The van der Waals surface area contributed by atoms with Gasteiger partial charge in [0, 0.05) is 29.8 Å². The normalized spacial score (nSPS) is 17.1. The summed E-state index contributed by atoms with van der Waals surface area (Å²) in [7, 11) is 2.21. The Balaban J connectivity index is 2.19. The molecule has 2 N–H and O–H groups in total. The van der Waals surface area contributed by atoms with Gasteiger partial charge in [-0.3, -0.25) is 0 Å². The lowest BCUT2D eigenvalue weighted by Gasteiger charge is -2.34. The van der Waals surface area contributed by atoms with E-state index in [1.165, 1.54) is 43.4 Å². The number of nitrogens with zero attached hydrogens (tertiary/aromatic N) is 1. The maximum atomic E-state index is 5.84. The van der Waals surface area contributed by atoms with Crippen LogP contribution in [-0.2, 0) is 6.54 Å². The van der Waals surface area contributed by atoms with Gasteiger partial charge in [-0.05, 0) is 36.6 Å². The molecule has 0 unspecified atom stereocenters. The molecule has 0 aromatic heterocycles. The number of nitrogens with two attached hydrogens (primary N) is 1. The van der Waals surface area contributed by atoms with Crippen LogP contribution < -0.4 is 10.6 Å². The van der Waals surface area contributed by atoms with Crippen LogP contribution in [0.15, 0.2) is 22.7 Å². The van der Waals surface area contributed by atoms with E-state index in [-0.39, 0.29) is 0 Å². The summed E-state index contributed by atoms with van der Waals surface area (Å²) < 4.78 is 1.11. The molecule has 0 amide bonds. The predicted molar refractivity (Wildman–Crippen MR) is 77.3 cm³/mol. The molecule has 2 nitrogen and oxygen atoms in total. The largest absolute Gasteiger partial charge is 0.371 e. The summed E-state index contributed by atoms with van der Waals surface area (Å²) in [6, 6.07) is 7.11. The minimum absolute atomic E-state index is 0.603. The van der Waals surface area contributed by atoms with E-state index < -0.39 is 0 Å². The van der Waals surface area contributed by atoms with Crippen LogP contribution in [0.4, 0.5) is 5.69 Å². The van der Waals surface area contributed by atoms with Gasteiger partial charge in [0.2, 0.25) is 0 Å². The van der Waals surface area contributed by atoms with E-state index in [2.05, 4.69) is 46.1 Å². The molecule has 0 heterocycles. The number of anilines is 1. The Bertz CT molecular complexity index is 372. The molecule has 17 heavy (non-hydrogen) atoms. The summed E-state index contributed by atoms with van der Waals surface area (Å²) in [6.45, 7) is 0.603. The number of halogens is 1. The van der Waals surface area contributed by atoms with Crippen molar-refractivity contribution in [2.24, 2.45) is 5.73 Å². The average Bonchev–Trinajstić information content (AvgIpc) is 2.39. The highest BCUT2D eigenvalue weighted by Crippen LogP contribution is 2.29. The first-order chi connectivity index (χ1) is 8.22. The van der Waals surface area contributed by atoms with Crippen LogP contribution in [0, 0.1) is 0 Å². The number of hydrogen-bond acceptors (Lipinski definition) is 2. The molecule has 0 radical (unpaired) electrons. The van der Waals surface area contributed by atoms with Crippen molar-refractivity contribution in [2.75, 3.05) is 11.9 Å². The summed E-state index contributed by atoms with van der Waals surface area (Å²) >= 11 is 3.51. The molecule has 0 spiro atoms. The van der Waals surface area contributed by atoms with Gasteiger partial charge in [-0.15, -0.1) is 0 Å². The summed E-state index contributed by atoms with van der Waals surface area (Å²) in [6.07, 6.45) is 6.76. The minimum Gasteiger partial charge on any atom is -0.371 e. The molecular formula is C14H21BrN2. The topological polar surface area (TPSA) is 29.3 Å². The van der Waals surface area contributed by atoms with Crippen molar-refractivity contribution in [3.63, 3.8) is 0 Å². The van der Waals surface area contributed by atoms with E-state index in [0.29, 0.717) is 12.6 Å². The van der Waals surface area contributed by atoms with Crippen LogP contribution in [-0.4, -0.2) is 13.1 Å². The van der Waals surface area contributed by atoms with Crippen molar-refractivity contribution in [3.05, 3.63) is 28.2 Å². The smallest absolute Gasteiger partial charge is 0.0412 e. The van der Waals surface area contributed by atoms with Gasteiger partial charge in [-0.1, -0.05) is 35.2 Å². The Morgan fingerprint density at radius 2 is 2.00 bits per heavy atom. The number of rotatable bonds is 3. The molecule has 0 bridgehead atoms. The van der Waals surface area contributed by atoms with Gasteiger partial charge in [0.15, 0.2) is 0 Å². The summed E-state index contributed by atoms with van der Waals surface area (Å²) in [5.74, 6) is 0. The number of hydrogen-bond donors (Lipinski definition) is 1. The summed E-state index contributed by atoms with van der Waals surface area (Å²) in [4.78, 5) is 2.42. The molecule has 94 valence electrons. The van der Waals surface area contributed by atoms with Gasteiger partial charge in [0.05, 0.1) is 0 Å². The molecule has 2 rings (SSSR count). The maximum Gasteiger partial charge on any atom is 0.0412 e. The van der Waals surface area contributed by atoms with E-state index in [4.69, 9.17) is 5.73 Å². The van der Waals surface area contributed by atoms with Gasteiger partial charge in [-0.2, -0.15) is 0 Å². The molecule has 1 aromatic rings. The average molecular weight is 297 g/mol. The van der Waals surface area contributed by atoms with Crippen molar-refractivity contribution in [1.82, 2.24) is 0 Å². The monoisotopic (exact) mass is 296 g/mol. The van der Waals surface area contributed by atoms with Crippen LogP contribution in [0.5, 0.6) is 0 Å². The second-order valence-electron chi connectivity index (χ2n) is 4.88. The highest BCUT2D eigenvalue weighted by atomic mass is 79.9.